The van der Waals surface area contributed by atoms with E-state index in [0.717, 1.165) is 36.5 Å². The van der Waals surface area contributed by atoms with Gasteiger partial charge in [-0.2, -0.15) is 0 Å². The average Bonchev–Trinajstić information content (AvgIpc) is 3.55. The molecule has 2 aliphatic rings. The van der Waals surface area contributed by atoms with Crippen LogP contribution in [0.2, 0.25) is 0 Å². The highest BCUT2D eigenvalue weighted by Gasteiger charge is 2.34. The second kappa shape index (κ2) is 12.5. The monoisotopic (exact) mass is 478 g/mol. The molecule has 0 radical (unpaired) electrons. The van der Waals surface area contributed by atoms with E-state index in [-0.39, 0.29) is 31.1 Å². The van der Waals surface area contributed by atoms with Gasteiger partial charge < -0.3 is 24.7 Å². The molecule has 8 heteroatoms. The van der Waals surface area contributed by atoms with Crippen LogP contribution < -0.4 is 5.32 Å². The maximum absolute atomic E-state index is 13.3. The van der Waals surface area contributed by atoms with Gasteiger partial charge in [-0.05, 0) is 49.2 Å². The number of benzene rings is 2. The van der Waals surface area contributed by atoms with Gasteiger partial charge in [-0.1, -0.05) is 47.6 Å². The van der Waals surface area contributed by atoms with Crippen molar-refractivity contribution in [2.24, 2.45) is 5.16 Å². The van der Waals surface area contributed by atoms with Crippen molar-refractivity contribution in [2.75, 3.05) is 53.0 Å². The van der Waals surface area contributed by atoms with Crippen molar-refractivity contribution >= 4 is 17.5 Å². The van der Waals surface area contributed by atoms with Gasteiger partial charge in [0.1, 0.15) is 13.7 Å². The van der Waals surface area contributed by atoms with E-state index in [2.05, 4.69) is 15.4 Å². The van der Waals surface area contributed by atoms with Crippen LogP contribution in [0.5, 0.6) is 0 Å². The van der Waals surface area contributed by atoms with E-state index in [1.165, 1.54) is 20.0 Å². The first-order valence-electron chi connectivity index (χ1n) is 12.3. The summed E-state index contributed by atoms with van der Waals surface area (Å²) in [7, 11) is 1.50. The van der Waals surface area contributed by atoms with Gasteiger partial charge in [-0.3, -0.25) is 9.59 Å². The van der Waals surface area contributed by atoms with Crippen LogP contribution in [0.1, 0.15) is 29.6 Å². The Morgan fingerprint density at radius 1 is 1.03 bits per heavy atom. The van der Waals surface area contributed by atoms with Crippen LogP contribution in [0.15, 0.2) is 59.8 Å². The van der Waals surface area contributed by atoms with Crippen LogP contribution in [-0.4, -0.2) is 86.4 Å². The van der Waals surface area contributed by atoms with E-state index in [1.807, 2.05) is 54.6 Å². The zero-order valence-electron chi connectivity index (χ0n) is 20.3. The summed E-state index contributed by atoms with van der Waals surface area (Å²) in [5.74, 6) is -0.225. The quantitative estimate of drug-likeness (QED) is 0.531. The fourth-order valence-corrected chi connectivity index (χ4v) is 4.65. The Morgan fingerprint density at radius 3 is 2.46 bits per heavy atom. The molecule has 2 aliphatic heterocycles. The van der Waals surface area contributed by atoms with Gasteiger partial charge in [-0.25, -0.2) is 0 Å². The van der Waals surface area contributed by atoms with Crippen LogP contribution in [0, 0.1) is 0 Å². The molecule has 1 N–H and O–H groups in total. The van der Waals surface area contributed by atoms with Crippen LogP contribution in [-0.2, 0) is 14.4 Å². The van der Waals surface area contributed by atoms with Gasteiger partial charge in [0, 0.05) is 25.1 Å². The number of likely N-dealkylation sites (tertiary alicyclic amines) is 2. The van der Waals surface area contributed by atoms with Gasteiger partial charge >= 0.3 is 0 Å². The summed E-state index contributed by atoms with van der Waals surface area (Å²) in [5, 5.41) is 6.97. The molecule has 2 heterocycles. The predicted molar refractivity (Wildman–Crippen MR) is 135 cm³/mol. The minimum Gasteiger partial charge on any atom is -0.399 e. The number of ether oxygens (including phenoxy) is 1. The summed E-state index contributed by atoms with van der Waals surface area (Å²) in [6, 6.07) is 17.5. The lowest BCUT2D eigenvalue weighted by Gasteiger charge is -2.24. The fourth-order valence-electron chi connectivity index (χ4n) is 4.65. The van der Waals surface area contributed by atoms with Gasteiger partial charge in [0.05, 0.1) is 24.9 Å². The number of oxime groups is 1. The Balaban J connectivity index is 1.30. The third kappa shape index (κ3) is 6.90. The van der Waals surface area contributed by atoms with Crippen molar-refractivity contribution < 1.29 is 19.2 Å². The second-order valence-corrected chi connectivity index (χ2v) is 8.99. The number of rotatable bonds is 10. The van der Waals surface area contributed by atoms with E-state index in [0.29, 0.717) is 25.1 Å². The summed E-state index contributed by atoms with van der Waals surface area (Å²) >= 11 is 0. The Hall–Kier alpha value is -3.23. The number of nitrogens with one attached hydrogen (secondary N) is 1. The molecule has 1 unspecified atom stereocenters. The molecule has 2 saturated heterocycles. The molecule has 4 rings (SSSR count). The van der Waals surface area contributed by atoms with E-state index < -0.39 is 0 Å². The molecule has 2 aromatic rings. The van der Waals surface area contributed by atoms with Gasteiger partial charge in [0.2, 0.25) is 5.91 Å². The highest BCUT2D eigenvalue weighted by atomic mass is 16.6. The van der Waals surface area contributed by atoms with Crippen molar-refractivity contribution in [1.29, 1.82) is 0 Å². The summed E-state index contributed by atoms with van der Waals surface area (Å²) < 4.78 is 5.71. The molecule has 8 nitrogen and oxygen atoms in total. The number of amides is 2. The summed E-state index contributed by atoms with van der Waals surface area (Å²) in [5.41, 5.74) is 3.55. The highest BCUT2D eigenvalue weighted by Crippen LogP contribution is 2.23. The largest absolute Gasteiger partial charge is 0.399 e. The van der Waals surface area contributed by atoms with E-state index >= 15 is 0 Å². The molecular formula is C27H34N4O4. The second-order valence-electron chi connectivity index (χ2n) is 8.99. The average molecular weight is 479 g/mol. The Kier molecular flexibility index (Phi) is 8.86. The van der Waals surface area contributed by atoms with Gasteiger partial charge in [-0.15, -0.1) is 0 Å². The van der Waals surface area contributed by atoms with Crippen LogP contribution >= 0.6 is 0 Å². The molecule has 0 saturated carbocycles. The van der Waals surface area contributed by atoms with Gasteiger partial charge in [0.15, 0.2) is 0 Å². The Bertz CT molecular complexity index is 1000. The molecule has 2 aromatic carbocycles. The normalized spacial score (nSPS) is 19.3. The maximum Gasteiger partial charge on any atom is 0.254 e. The number of nitrogens with zero attached hydrogens (tertiary/aromatic N) is 3. The molecule has 0 aromatic heterocycles. The number of hydrogen-bond acceptors (Lipinski definition) is 6. The molecule has 1 atom stereocenters. The number of carbonyl (C=O) groups is 2. The number of hydrogen-bond donors (Lipinski definition) is 1. The lowest BCUT2D eigenvalue weighted by Crippen LogP contribution is -2.40. The number of carbonyl (C=O) groups excluding carboxylic acids is 2. The summed E-state index contributed by atoms with van der Waals surface area (Å²) in [6.07, 6.45) is 3.02. The first-order chi connectivity index (χ1) is 17.1. The molecule has 0 spiro atoms. The van der Waals surface area contributed by atoms with Gasteiger partial charge in [0.25, 0.3) is 5.91 Å². The summed E-state index contributed by atoms with van der Waals surface area (Å²) in [4.78, 5) is 34.5. The molecule has 2 fully saturated rings. The van der Waals surface area contributed by atoms with Crippen molar-refractivity contribution in [3.8, 4) is 11.1 Å². The van der Waals surface area contributed by atoms with E-state index in [4.69, 9.17) is 9.57 Å². The fraction of sp³-hybridized carbons (Fsp3) is 0.444. The van der Waals surface area contributed by atoms with Crippen molar-refractivity contribution in [1.82, 2.24) is 15.1 Å². The topological polar surface area (TPSA) is 83.5 Å². The molecule has 186 valence electrons. The molecular weight excluding hydrogens is 444 g/mol. The SMILES string of the molecule is CO/N=C1\CC(COCC(=O)NCCN2CCCC2)N(C(=O)c2ccc(-c3ccccc3)cc2)C1. The van der Waals surface area contributed by atoms with Crippen molar-refractivity contribution in [3.63, 3.8) is 0 Å². The molecule has 2 amide bonds. The minimum absolute atomic E-state index is 0.0267. The molecule has 35 heavy (non-hydrogen) atoms. The summed E-state index contributed by atoms with van der Waals surface area (Å²) in [6.45, 7) is 4.33. The maximum atomic E-state index is 13.3. The van der Waals surface area contributed by atoms with Crippen molar-refractivity contribution in [3.05, 3.63) is 60.2 Å². The Labute approximate surface area is 206 Å². The van der Waals surface area contributed by atoms with Crippen LogP contribution in [0.25, 0.3) is 11.1 Å². The lowest BCUT2D eigenvalue weighted by atomic mass is 10.0. The third-order valence-electron chi connectivity index (χ3n) is 6.48. The zero-order chi connectivity index (χ0) is 24.5. The smallest absolute Gasteiger partial charge is 0.254 e. The zero-order valence-corrected chi connectivity index (χ0v) is 20.3. The predicted octanol–water partition coefficient (Wildman–Crippen LogP) is 2.80. The molecule has 0 aliphatic carbocycles. The third-order valence-corrected chi connectivity index (χ3v) is 6.48. The highest BCUT2D eigenvalue weighted by molar-refractivity contribution is 6.00. The van der Waals surface area contributed by atoms with E-state index in [9.17, 15) is 9.59 Å². The first kappa shape index (κ1) is 24.9. The molecule has 0 bridgehead atoms. The lowest BCUT2D eigenvalue weighted by molar-refractivity contribution is -0.126. The van der Waals surface area contributed by atoms with Crippen LogP contribution in [0.3, 0.4) is 0 Å². The Morgan fingerprint density at radius 2 is 1.74 bits per heavy atom. The van der Waals surface area contributed by atoms with Crippen molar-refractivity contribution in [2.45, 2.75) is 25.3 Å². The minimum atomic E-state index is -0.206. The van der Waals surface area contributed by atoms with E-state index in [1.54, 1.807) is 4.90 Å². The standard InChI is InChI=1S/C27H34N4O4/c1-34-29-24-17-25(19-35-20-26(32)28-13-16-30-14-5-6-15-30)31(18-24)27(33)23-11-9-22(10-12-23)21-7-3-2-4-8-21/h2-4,7-12,25H,5-6,13-20H2,1H3,(H,28,32)/b29-24+. The van der Waals surface area contributed by atoms with Crippen LogP contribution in [0.4, 0.5) is 0 Å². The first-order valence-corrected chi connectivity index (χ1v) is 12.3.